The van der Waals surface area contributed by atoms with Gasteiger partial charge < -0.3 is 4.74 Å². The van der Waals surface area contributed by atoms with Crippen molar-refractivity contribution in [2.75, 3.05) is 18.5 Å². The Kier molecular flexibility index (Phi) is 9.00. The van der Waals surface area contributed by atoms with Crippen LogP contribution in [0.15, 0.2) is 0 Å². The average Bonchev–Trinajstić information content (AvgIpc) is 2.18. The number of hydrogen-bond acceptors (Lipinski definition) is 1. The lowest BCUT2D eigenvalue weighted by atomic mass is 9.85. The monoisotopic (exact) mass is 264 g/mol. The van der Waals surface area contributed by atoms with Crippen LogP contribution in [0.4, 0.5) is 0 Å². The van der Waals surface area contributed by atoms with E-state index in [1.807, 2.05) is 0 Å². The lowest BCUT2D eigenvalue weighted by Crippen LogP contribution is -2.20. The van der Waals surface area contributed by atoms with E-state index in [-0.39, 0.29) is 0 Å². The van der Waals surface area contributed by atoms with Crippen molar-refractivity contribution in [2.24, 2.45) is 5.41 Å². The van der Waals surface area contributed by atoms with E-state index in [1.54, 1.807) is 0 Å². The van der Waals surface area contributed by atoms with Gasteiger partial charge in [0.2, 0.25) is 0 Å². The van der Waals surface area contributed by atoms with Crippen molar-refractivity contribution < 1.29 is 4.74 Å². The maximum atomic E-state index is 5.60. The van der Waals surface area contributed by atoms with E-state index in [2.05, 4.69) is 36.7 Å². The Balaban J connectivity index is 3.51. The van der Waals surface area contributed by atoms with Crippen molar-refractivity contribution in [3.05, 3.63) is 0 Å². The topological polar surface area (TPSA) is 9.23 Å². The Morgan fingerprint density at radius 1 is 1.07 bits per heavy atom. The third kappa shape index (κ3) is 6.83. The van der Waals surface area contributed by atoms with Crippen molar-refractivity contribution in [3.63, 3.8) is 0 Å². The van der Waals surface area contributed by atoms with Crippen LogP contribution >= 0.6 is 15.9 Å². The molecule has 0 heterocycles. The predicted octanol–water partition coefficient (Wildman–Crippen LogP) is 4.39. The third-order valence-electron chi connectivity index (χ3n) is 2.67. The summed E-state index contributed by atoms with van der Waals surface area (Å²) in [5.41, 5.74) is 0.432. The molecule has 0 spiro atoms. The molecule has 0 aromatic carbocycles. The smallest absolute Gasteiger partial charge is 0.0471 e. The van der Waals surface area contributed by atoms with Gasteiger partial charge in [-0.25, -0.2) is 0 Å². The summed E-state index contributed by atoms with van der Waals surface area (Å²) in [7, 11) is 0. The minimum atomic E-state index is 0.432. The van der Waals surface area contributed by atoms with Crippen LogP contribution in [0.3, 0.4) is 0 Å². The first-order valence-electron chi connectivity index (χ1n) is 5.82. The number of halogens is 1. The Hall–Kier alpha value is 0.440. The molecule has 0 saturated carbocycles. The van der Waals surface area contributed by atoms with Crippen LogP contribution in [0.5, 0.6) is 0 Å². The van der Waals surface area contributed by atoms with E-state index in [0.717, 1.165) is 18.5 Å². The molecule has 86 valence electrons. The molecule has 0 fully saturated rings. The highest BCUT2D eigenvalue weighted by molar-refractivity contribution is 9.09. The van der Waals surface area contributed by atoms with Gasteiger partial charge in [0, 0.05) is 18.5 Å². The highest BCUT2D eigenvalue weighted by Crippen LogP contribution is 2.29. The number of hydrogen-bond donors (Lipinski definition) is 0. The number of unbranched alkanes of at least 4 members (excludes halogenated alkanes) is 1. The molecule has 0 amide bonds. The molecule has 0 radical (unpaired) electrons. The summed E-state index contributed by atoms with van der Waals surface area (Å²) < 4.78 is 5.60. The minimum Gasteiger partial charge on any atom is -0.381 e. The van der Waals surface area contributed by atoms with Crippen molar-refractivity contribution in [1.29, 1.82) is 0 Å². The molecular weight excluding hydrogens is 240 g/mol. The highest BCUT2D eigenvalue weighted by Gasteiger charge is 2.21. The van der Waals surface area contributed by atoms with Crippen LogP contribution in [0.2, 0.25) is 0 Å². The maximum Gasteiger partial charge on any atom is 0.0471 e. The van der Waals surface area contributed by atoms with E-state index in [0.29, 0.717) is 5.41 Å². The SMILES string of the molecule is CCCCOCCC(C)(CBr)CCC. The van der Waals surface area contributed by atoms with E-state index in [9.17, 15) is 0 Å². The zero-order valence-corrected chi connectivity index (χ0v) is 11.5. The molecule has 0 aliphatic rings. The zero-order chi connectivity index (χ0) is 10.9. The summed E-state index contributed by atoms with van der Waals surface area (Å²) in [6.07, 6.45) is 6.14. The van der Waals surface area contributed by atoms with Crippen LogP contribution < -0.4 is 0 Å². The summed E-state index contributed by atoms with van der Waals surface area (Å²) in [6.45, 7) is 8.64. The molecule has 0 aromatic rings. The first kappa shape index (κ1) is 14.4. The maximum absolute atomic E-state index is 5.60. The average molecular weight is 265 g/mol. The number of rotatable bonds is 9. The predicted molar refractivity (Wildman–Crippen MR) is 67.2 cm³/mol. The number of ether oxygens (including phenoxy) is 1. The summed E-state index contributed by atoms with van der Waals surface area (Å²) in [5, 5.41) is 1.09. The molecule has 1 atom stereocenters. The van der Waals surface area contributed by atoms with Crippen molar-refractivity contribution in [1.82, 2.24) is 0 Å². The van der Waals surface area contributed by atoms with Gasteiger partial charge in [0.25, 0.3) is 0 Å². The largest absolute Gasteiger partial charge is 0.381 e. The molecule has 0 saturated heterocycles. The molecular formula is C12H25BrO. The first-order valence-corrected chi connectivity index (χ1v) is 6.94. The molecule has 0 bridgehead atoms. The van der Waals surface area contributed by atoms with Gasteiger partial charge in [-0.15, -0.1) is 0 Å². The number of alkyl halides is 1. The van der Waals surface area contributed by atoms with Crippen LogP contribution in [0, 0.1) is 5.41 Å². The Morgan fingerprint density at radius 2 is 1.79 bits per heavy atom. The molecule has 0 aliphatic heterocycles. The van der Waals surface area contributed by atoms with Gasteiger partial charge in [0.15, 0.2) is 0 Å². The Labute approximate surface area is 97.7 Å². The fourth-order valence-corrected chi connectivity index (χ4v) is 2.09. The minimum absolute atomic E-state index is 0.432. The summed E-state index contributed by atoms with van der Waals surface area (Å²) in [5.74, 6) is 0. The molecule has 1 unspecified atom stereocenters. The second-order valence-corrected chi connectivity index (χ2v) is 4.97. The highest BCUT2D eigenvalue weighted by atomic mass is 79.9. The quantitative estimate of drug-likeness (QED) is 0.443. The lowest BCUT2D eigenvalue weighted by molar-refractivity contribution is 0.100. The van der Waals surface area contributed by atoms with Gasteiger partial charge in [-0.05, 0) is 24.7 Å². The van der Waals surface area contributed by atoms with Gasteiger partial charge in [-0.3, -0.25) is 0 Å². The van der Waals surface area contributed by atoms with Gasteiger partial charge >= 0.3 is 0 Å². The molecule has 2 heteroatoms. The van der Waals surface area contributed by atoms with E-state index in [4.69, 9.17) is 4.74 Å². The van der Waals surface area contributed by atoms with Gasteiger partial charge in [-0.1, -0.05) is 49.5 Å². The fourth-order valence-electron chi connectivity index (χ4n) is 1.53. The van der Waals surface area contributed by atoms with Gasteiger partial charge in [0.05, 0.1) is 0 Å². The molecule has 1 nitrogen and oxygen atoms in total. The van der Waals surface area contributed by atoms with Gasteiger partial charge in [0.1, 0.15) is 0 Å². The standard InChI is InChI=1S/C12H25BrO/c1-4-6-9-14-10-8-12(3,11-13)7-5-2/h4-11H2,1-3H3. The second kappa shape index (κ2) is 8.72. The van der Waals surface area contributed by atoms with E-state index < -0.39 is 0 Å². The third-order valence-corrected chi connectivity index (χ3v) is 4.02. The fraction of sp³-hybridized carbons (Fsp3) is 1.00. The van der Waals surface area contributed by atoms with Crippen molar-refractivity contribution >= 4 is 15.9 Å². The van der Waals surface area contributed by atoms with Crippen LogP contribution in [0.25, 0.3) is 0 Å². The Morgan fingerprint density at radius 3 is 2.29 bits per heavy atom. The first-order chi connectivity index (χ1) is 6.68. The van der Waals surface area contributed by atoms with Crippen LogP contribution in [-0.2, 0) is 4.74 Å². The van der Waals surface area contributed by atoms with Crippen molar-refractivity contribution in [3.8, 4) is 0 Å². The van der Waals surface area contributed by atoms with E-state index in [1.165, 1.54) is 32.1 Å². The molecule has 0 aromatic heterocycles. The summed E-state index contributed by atoms with van der Waals surface area (Å²) >= 11 is 3.60. The summed E-state index contributed by atoms with van der Waals surface area (Å²) in [6, 6.07) is 0. The second-order valence-electron chi connectivity index (χ2n) is 4.41. The lowest BCUT2D eigenvalue weighted by Gasteiger charge is -2.26. The Bertz CT molecular complexity index is 127. The summed E-state index contributed by atoms with van der Waals surface area (Å²) in [4.78, 5) is 0. The van der Waals surface area contributed by atoms with Crippen LogP contribution in [-0.4, -0.2) is 18.5 Å². The zero-order valence-electron chi connectivity index (χ0n) is 9.94. The molecule has 14 heavy (non-hydrogen) atoms. The molecule has 0 rings (SSSR count). The normalized spacial score (nSPS) is 15.4. The van der Waals surface area contributed by atoms with E-state index >= 15 is 0 Å². The van der Waals surface area contributed by atoms with Crippen molar-refractivity contribution in [2.45, 2.75) is 52.9 Å². The molecule has 0 aliphatic carbocycles. The molecule has 0 N–H and O–H groups in total. The van der Waals surface area contributed by atoms with Gasteiger partial charge in [-0.2, -0.15) is 0 Å². The van der Waals surface area contributed by atoms with Crippen LogP contribution in [0.1, 0.15) is 52.9 Å².